The first-order chi connectivity index (χ1) is 6.16. The van der Waals surface area contributed by atoms with Crippen molar-refractivity contribution in [1.29, 1.82) is 0 Å². The van der Waals surface area contributed by atoms with Crippen LogP contribution in [0, 0.1) is 0 Å². The zero-order valence-corrected chi connectivity index (χ0v) is 8.50. The van der Waals surface area contributed by atoms with Gasteiger partial charge in [-0.2, -0.15) is 0 Å². The summed E-state index contributed by atoms with van der Waals surface area (Å²) in [6.07, 6.45) is 1.06. The van der Waals surface area contributed by atoms with Gasteiger partial charge < -0.3 is 4.65 Å². The van der Waals surface area contributed by atoms with Crippen molar-refractivity contribution >= 4 is 6.92 Å². The summed E-state index contributed by atoms with van der Waals surface area (Å²) >= 11 is 0. The number of rotatable bonds is 1. The Morgan fingerprint density at radius 3 is 2.85 bits per heavy atom. The molecular formula is C11H15BO. The Bertz CT molecular complexity index is 320. The molecule has 0 N–H and O–H groups in total. The van der Waals surface area contributed by atoms with Gasteiger partial charge in [-0.25, -0.2) is 0 Å². The molecule has 0 saturated heterocycles. The molecule has 0 aliphatic carbocycles. The summed E-state index contributed by atoms with van der Waals surface area (Å²) in [6.45, 7) is 6.90. The SMILES string of the molecule is CB1Cc2ccc(C(C)C)cc2O1. The van der Waals surface area contributed by atoms with Crippen LogP contribution in [0.1, 0.15) is 30.9 Å². The fraction of sp³-hybridized carbons (Fsp3) is 0.455. The first kappa shape index (κ1) is 8.67. The van der Waals surface area contributed by atoms with Crippen molar-refractivity contribution in [2.45, 2.75) is 32.9 Å². The van der Waals surface area contributed by atoms with E-state index in [1.54, 1.807) is 0 Å². The minimum atomic E-state index is 0.359. The average Bonchev–Trinajstić information content (AvgIpc) is 2.42. The lowest BCUT2D eigenvalue weighted by molar-refractivity contribution is 0.593. The third-order valence-electron chi connectivity index (χ3n) is 2.59. The van der Waals surface area contributed by atoms with Gasteiger partial charge in [0.05, 0.1) is 0 Å². The van der Waals surface area contributed by atoms with Gasteiger partial charge in [0, 0.05) is 0 Å². The summed E-state index contributed by atoms with van der Waals surface area (Å²) in [6, 6.07) is 6.60. The fourth-order valence-corrected chi connectivity index (χ4v) is 1.78. The normalized spacial score (nSPS) is 14.6. The van der Waals surface area contributed by atoms with Crippen LogP contribution in [-0.2, 0) is 6.32 Å². The maximum absolute atomic E-state index is 5.70. The van der Waals surface area contributed by atoms with Crippen molar-refractivity contribution < 1.29 is 4.65 Å². The lowest BCUT2D eigenvalue weighted by atomic mass is 9.68. The monoisotopic (exact) mass is 174 g/mol. The van der Waals surface area contributed by atoms with Gasteiger partial charge in [-0.05, 0) is 36.3 Å². The van der Waals surface area contributed by atoms with Crippen molar-refractivity contribution in [3.63, 3.8) is 0 Å². The number of hydrogen-bond acceptors (Lipinski definition) is 1. The largest absolute Gasteiger partial charge is 0.561 e. The van der Waals surface area contributed by atoms with Crippen molar-refractivity contribution in [2.24, 2.45) is 0 Å². The van der Waals surface area contributed by atoms with Crippen LogP contribution in [0.3, 0.4) is 0 Å². The van der Waals surface area contributed by atoms with Gasteiger partial charge in [-0.1, -0.05) is 26.0 Å². The van der Waals surface area contributed by atoms with E-state index in [9.17, 15) is 0 Å². The molecule has 2 rings (SSSR count). The van der Waals surface area contributed by atoms with Gasteiger partial charge in [0.15, 0.2) is 0 Å². The second kappa shape index (κ2) is 3.10. The van der Waals surface area contributed by atoms with E-state index in [0.29, 0.717) is 12.8 Å². The second-order valence-corrected chi connectivity index (χ2v) is 4.15. The molecule has 1 heterocycles. The molecule has 2 heteroatoms. The highest BCUT2D eigenvalue weighted by atomic mass is 16.4. The zero-order chi connectivity index (χ0) is 9.42. The third-order valence-corrected chi connectivity index (χ3v) is 2.59. The highest BCUT2D eigenvalue weighted by Crippen LogP contribution is 2.30. The maximum atomic E-state index is 5.70. The number of fused-ring (bicyclic) bond motifs is 1. The van der Waals surface area contributed by atoms with Gasteiger partial charge in [0.25, 0.3) is 0 Å². The summed E-state index contributed by atoms with van der Waals surface area (Å²) in [5.41, 5.74) is 2.73. The molecule has 0 bridgehead atoms. The van der Waals surface area contributed by atoms with E-state index in [4.69, 9.17) is 4.65 Å². The van der Waals surface area contributed by atoms with Crippen LogP contribution in [0.4, 0.5) is 0 Å². The number of hydrogen-bond donors (Lipinski definition) is 0. The molecule has 1 aromatic carbocycles. The Hall–Kier alpha value is -0.915. The predicted octanol–water partition coefficient (Wildman–Crippen LogP) is 2.91. The average molecular weight is 174 g/mol. The molecule has 0 unspecified atom stereocenters. The van der Waals surface area contributed by atoms with E-state index in [-0.39, 0.29) is 0 Å². The molecule has 0 amide bonds. The van der Waals surface area contributed by atoms with Crippen molar-refractivity contribution in [3.8, 4) is 5.75 Å². The highest BCUT2D eigenvalue weighted by Gasteiger charge is 2.23. The third kappa shape index (κ3) is 1.58. The lowest BCUT2D eigenvalue weighted by Crippen LogP contribution is -2.12. The van der Waals surface area contributed by atoms with Crippen molar-refractivity contribution in [3.05, 3.63) is 29.3 Å². The molecule has 0 saturated carbocycles. The topological polar surface area (TPSA) is 9.23 Å². The summed E-state index contributed by atoms with van der Waals surface area (Å²) in [5.74, 6) is 1.68. The van der Waals surface area contributed by atoms with Crippen molar-refractivity contribution in [2.75, 3.05) is 0 Å². The second-order valence-electron chi connectivity index (χ2n) is 4.15. The van der Waals surface area contributed by atoms with E-state index >= 15 is 0 Å². The highest BCUT2D eigenvalue weighted by molar-refractivity contribution is 6.51. The van der Waals surface area contributed by atoms with E-state index in [1.165, 1.54) is 11.1 Å². The van der Waals surface area contributed by atoms with Gasteiger partial charge in [0.1, 0.15) is 5.75 Å². The van der Waals surface area contributed by atoms with Gasteiger partial charge in [-0.3, -0.25) is 0 Å². The van der Waals surface area contributed by atoms with Crippen molar-refractivity contribution in [1.82, 2.24) is 0 Å². The molecule has 1 nitrogen and oxygen atoms in total. The lowest BCUT2D eigenvalue weighted by Gasteiger charge is -2.08. The quantitative estimate of drug-likeness (QED) is 0.594. The van der Waals surface area contributed by atoms with Crippen LogP contribution in [0.15, 0.2) is 18.2 Å². The van der Waals surface area contributed by atoms with Gasteiger partial charge in [0.2, 0.25) is 0 Å². The van der Waals surface area contributed by atoms with E-state index in [1.807, 2.05) is 0 Å². The molecule has 0 fully saturated rings. The standard InChI is InChI=1S/C11H15BO/c1-8(2)9-4-5-10-7-12(3)13-11(10)6-9/h4-6,8H,7H2,1-3H3. The summed E-state index contributed by atoms with van der Waals surface area (Å²) < 4.78 is 5.70. The molecule has 13 heavy (non-hydrogen) atoms. The smallest absolute Gasteiger partial charge is 0.359 e. The molecular weight excluding hydrogens is 159 g/mol. The minimum absolute atomic E-state index is 0.359. The van der Waals surface area contributed by atoms with Crippen LogP contribution in [0.25, 0.3) is 0 Å². The van der Waals surface area contributed by atoms with Gasteiger partial charge >= 0.3 is 6.92 Å². The van der Waals surface area contributed by atoms with E-state index in [2.05, 4.69) is 38.9 Å². The molecule has 0 atom stereocenters. The Morgan fingerprint density at radius 2 is 2.15 bits per heavy atom. The summed E-state index contributed by atoms with van der Waals surface area (Å²) in [7, 11) is 0. The van der Waals surface area contributed by atoms with Crippen LogP contribution in [0.2, 0.25) is 6.82 Å². The summed E-state index contributed by atoms with van der Waals surface area (Å²) in [5, 5.41) is 0. The van der Waals surface area contributed by atoms with Crippen LogP contribution in [0.5, 0.6) is 5.75 Å². The van der Waals surface area contributed by atoms with Crippen LogP contribution < -0.4 is 4.65 Å². The molecule has 1 aliphatic rings. The Kier molecular flexibility index (Phi) is 2.07. The Balaban J connectivity index is 2.35. The molecule has 68 valence electrons. The van der Waals surface area contributed by atoms with Crippen LogP contribution >= 0.6 is 0 Å². The molecule has 0 spiro atoms. The number of benzene rings is 1. The zero-order valence-electron chi connectivity index (χ0n) is 8.50. The van der Waals surface area contributed by atoms with E-state index in [0.717, 1.165) is 12.1 Å². The molecule has 0 radical (unpaired) electrons. The Labute approximate surface area is 80.2 Å². The predicted molar refractivity (Wildman–Crippen MR) is 56.5 cm³/mol. The van der Waals surface area contributed by atoms with E-state index < -0.39 is 0 Å². The van der Waals surface area contributed by atoms with Crippen LogP contribution in [-0.4, -0.2) is 6.92 Å². The Morgan fingerprint density at radius 1 is 1.38 bits per heavy atom. The maximum Gasteiger partial charge on any atom is 0.359 e. The first-order valence-electron chi connectivity index (χ1n) is 4.96. The summed E-state index contributed by atoms with van der Waals surface area (Å²) in [4.78, 5) is 0. The molecule has 0 aromatic heterocycles. The molecule has 1 aromatic rings. The fourth-order valence-electron chi connectivity index (χ4n) is 1.78. The molecule has 1 aliphatic heterocycles. The first-order valence-corrected chi connectivity index (χ1v) is 4.96. The van der Waals surface area contributed by atoms with Gasteiger partial charge in [-0.15, -0.1) is 0 Å². The minimum Gasteiger partial charge on any atom is -0.561 e.